The van der Waals surface area contributed by atoms with Crippen LogP contribution in [0.4, 0.5) is 8.78 Å². The molecule has 1 aromatic rings. The van der Waals surface area contributed by atoms with Crippen molar-refractivity contribution in [2.45, 2.75) is 71.6 Å². The summed E-state index contributed by atoms with van der Waals surface area (Å²) in [6.45, 7) is 2.22. The van der Waals surface area contributed by atoms with Gasteiger partial charge in [-0.05, 0) is 32.8 Å². The molecule has 1 aliphatic rings. The monoisotopic (exact) mass is 410 g/mol. The summed E-state index contributed by atoms with van der Waals surface area (Å²) in [4.78, 5) is 16.6. The van der Waals surface area contributed by atoms with Crippen molar-refractivity contribution >= 4 is 11.9 Å². The molecule has 162 valence electrons. The third kappa shape index (κ3) is 8.66. The van der Waals surface area contributed by atoms with E-state index in [0.717, 1.165) is 18.4 Å². The average Bonchev–Trinajstić information content (AvgIpc) is 2.68. The summed E-state index contributed by atoms with van der Waals surface area (Å²) >= 11 is 0. The highest BCUT2D eigenvalue weighted by atomic mass is 19.3. The van der Waals surface area contributed by atoms with E-state index in [9.17, 15) is 13.6 Å². The average molecular weight is 411 g/mol. The number of guanidine groups is 1. The molecule has 0 aliphatic heterocycles. The number of amides is 1. The molecule has 1 amide bonds. The number of aliphatic imine (C=N–C) groups is 1. The zero-order chi connectivity index (χ0) is 21.1. The maximum atomic E-state index is 12.6. The summed E-state index contributed by atoms with van der Waals surface area (Å²) in [7, 11) is 0. The Hall–Kier alpha value is -2.38. The van der Waals surface area contributed by atoms with Crippen molar-refractivity contribution in [3.63, 3.8) is 0 Å². The van der Waals surface area contributed by atoms with Crippen LogP contribution >= 0.6 is 0 Å². The van der Waals surface area contributed by atoms with Gasteiger partial charge in [0, 0.05) is 31.1 Å². The van der Waals surface area contributed by atoms with Gasteiger partial charge in [0.1, 0.15) is 5.75 Å². The Bertz CT molecular complexity index is 677. The van der Waals surface area contributed by atoms with E-state index >= 15 is 0 Å². The van der Waals surface area contributed by atoms with Crippen molar-refractivity contribution in [1.82, 2.24) is 16.0 Å². The van der Waals surface area contributed by atoms with Crippen molar-refractivity contribution in [1.29, 1.82) is 0 Å². The van der Waals surface area contributed by atoms with E-state index in [2.05, 4.69) is 25.7 Å². The largest absolute Gasteiger partial charge is 0.434 e. The lowest BCUT2D eigenvalue weighted by molar-refractivity contribution is -0.121. The summed E-state index contributed by atoms with van der Waals surface area (Å²) in [5.41, 5.74) is 1.52. The molecule has 0 saturated heterocycles. The van der Waals surface area contributed by atoms with Gasteiger partial charge in [0.25, 0.3) is 0 Å². The molecule has 0 unspecified atom stereocenters. The molecule has 1 aromatic carbocycles. The fraction of sp³-hybridized carbons (Fsp3) is 0.619. The zero-order valence-electron chi connectivity index (χ0n) is 17.3. The van der Waals surface area contributed by atoms with Gasteiger partial charge in [0.15, 0.2) is 5.96 Å². The molecular weight excluding hydrogens is 378 g/mol. The zero-order valence-corrected chi connectivity index (χ0v) is 17.3. The summed E-state index contributed by atoms with van der Waals surface area (Å²) in [6, 6.07) is 5.33. The maximum absolute atomic E-state index is 12.6. The minimum atomic E-state index is -2.88. The van der Waals surface area contributed by atoms with Crippen LogP contribution in [0, 0.1) is 6.92 Å². The van der Waals surface area contributed by atoms with Gasteiger partial charge in [-0.1, -0.05) is 37.0 Å². The van der Waals surface area contributed by atoms with E-state index in [-0.39, 0.29) is 18.2 Å². The van der Waals surface area contributed by atoms with Gasteiger partial charge in [-0.3, -0.25) is 4.79 Å². The Morgan fingerprint density at radius 1 is 1.24 bits per heavy atom. The molecule has 1 saturated carbocycles. The third-order valence-corrected chi connectivity index (χ3v) is 4.80. The quantitative estimate of drug-likeness (QED) is 0.430. The normalized spacial score (nSPS) is 15.3. The lowest BCUT2D eigenvalue weighted by atomic mass is 9.95. The van der Waals surface area contributed by atoms with Gasteiger partial charge in [-0.25, -0.2) is 4.99 Å². The van der Waals surface area contributed by atoms with Crippen LogP contribution in [0.15, 0.2) is 23.2 Å². The van der Waals surface area contributed by atoms with Gasteiger partial charge >= 0.3 is 6.61 Å². The van der Waals surface area contributed by atoms with Crippen LogP contribution in [-0.2, 0) is 11.3 Å². The van der Waals surface area contributed by atoms with Crippen molar-refractivity contribution in [2.24, 2.45) is 4.99 Å². The number of halogens is 2. The lowest BCUT2D eigenvalue weighted by Gasteiger charge is -2.22. The first kappa shape index (κ1) is 22.9. The highest BCUT2D eigenvalue weighted by molar-refractivity contribution is 5.81. The van der Waals surface area contributed by atoms with Crippen molar-refractivity contribution < 1.29 is 18.3 Å². The minimum Gasteiger partial charge on any atom is -0.434 e. The molecule has 1 fully saturated rings. The highest BCUT2D eigenvalue weighted by Crippen LogP contribution is 2.23. The highest BCUT2D eigenvalue weighted by Gasteiger charge is 2.15. The molecule has 1 aliphatic carbocycles. The first-order valence-corrected chi connectivity index (χ1v) is 10.3. The fourth-order valence-corrected chi connectivity index (χ4v) is 3.39. The summed E-state index contributed by atoms with van der Waals surface area (Å²) < 4.78 is 29.8. The number of carbonyl (C=O) groups excluding carboxylic acids is 1. The molecule has 6 nitrogen and oxygen atoms in total. The second-order valence-corrected chi connectivity index (χ2v) is 7.26. The predicted molar refractivity (Wildman–Crippen MR) is 110 cm³/mol. The number of aryl methyl sites for hydroxylation is 1. The molecule has 0 spiro atoms. The van der Waals surface area contributed by atoms with E-state index in [1.54, 1.807) is 12.1 Å². The summed E-state index contributed by atoms with van der Waals surface area (Å²) in [6.07, 6.45) is 6.07. The second-order valence-electron chi connectivity index (χ2n) is 7.26. The van der Waals surface area contributed by atoms with Gasteiger partial charge in [-0.15, -0.1) is 0 Å². The summed E-state index contributed by atoms with van der Waals surface area (Å²) in [5, 5.41) is 9.31. The fourth-order valence-electron chi connectivity index (χ4n) is 3.39. The number of rotatable bonds is 9. The number of nitrogens with one attached hydrogen (secondary N) is 3. The molecule has 0 heterocycles. The number of benzene rings is 1. The number of nitrogens with zero attached hydrogens (tertiary/aromatic N) is 1. The number of hydrogen-bond acceptors (Lipinski definition) is 3. The van der Waals surface area contributed by atoms with E-state index in [4.69, 9.17) is 0 Å². The van der Waals surface area contributed by atoms with E-state index in [0.29, 0.717) is 37.1 Å². The lowest BCUT2D eigenvalue weighted by Crippen LogP contribution is -2.41. The van der Waals surface area contributed by atoms with Gasteiger partial charge in [-0.2, -0.15) is 8.78 Å². The Kier molecular flexibility index (Phi) is 9.67. The van der Waals surface area contributed by atoms with Gasteiger partial charge in [0.05, 0.1) is 6.54 Å². The second kappa shape index (κ2) is 12.2. The molecule has 0 radical (unpaired) electrons. The van der Waals surface area contributed by atoms with Crippen LogP contribution in [-0.4, -0.2) is 37.6 Å². The van der Waals surface area contributed by atoms with Crippen LogP contribution < -0.4 is 20.7 Å². The van der Waals surface area contributed by atoms with E-state index < -0.39 is 6.61 Å². The number of hydrogen-bond donors (Lipinski definition) is 3. The Labute approximate surface area is 171 Å². The van der Waals surface area contributed by atoms with Gasteiger partial charge in [0.2, 0.25) is 5.91 Å². The minimum absolute atomic E-state index is 0.0338. The topological polar surface area (TPSA) is 74.8 Å². The van der Waals surface area contributed by atoms with E-state index in [1.165, 1.54) is 25.3 Å². The predicted octanol–water partition coefficient (Wildman–Crippen LogP) is 3.49. The molecular formula is C21H32F2N4O2. The van der Waals surface area contributed by atoms with Crippen molar-refractivity contribution in [2.75, 3.05) is 13.1 Å². The molecule has 8 heteroatoms. The standard InChI is InChI=1S/C21H32F2N4O2/c1-3-24-21(25-12-11-19(28)27-17-7-5-4-6-8-17)26-14-16-13-15(2)9-10-18(16)29-20(22)23/h9-10,13,17,20H,3-8,11-12,14H2,1-2H3,(H,27,28)(H2,24,25,26). The molecule has 0 bridgehead atoms. The molecule has 3 N–H and O–H groups in total. The molecule has 0 aromatic heterocycles. The third-order valence-electron chi connectivity index (χ3n) is 4.80. The van der Waals surface area contributed by atoms with Crippen LogP contribution in [0.1, 0.15) is 56.6 Å². The Morgan fingerprint density at radius 3 is 2.69 bits per heavy atom. The van der Waals surface area contributed by atoms with Crippen LogP contribution in [0.3, 0.4) is 0 Å². The summed E-state index contributed by atoms with van der Waals surface area (Å²) in [5.74, 6) is 0.686. The molecule has 0 atom stereocenters. The Balaban J connectivity index is 1.87. The van der Waals surface area contributed by atoms with Crippen LogP contribution in [0.5, 0.6) is 5.75 Å². The Morgan fingerprint density at radius 2 is 2.00 bits per heavy atom. The first-order chi connectivity index (χ1) is 14.0. The maximum Gasteiger partial charge on any atom is 0.387 e. The van der Waals surface area contributed by atoms with Crippen LogP contribution in [0.2, 0.25) is 0 Å². The first-order valence-electron chi connectivity index (χ1n) is 10.3. The van der Waals surface area contributed by atoms with Gasteiger partial charge < -0.3 is 20.7 Å². The number of ether oxygens (including phenoxy) is 1. The smallest absolute Gasteiger partial charge is 0.387 e. The number of carbonyl (C=O) groups is 1. The molecule has 29 heavy (non-hydrogen) atoms. The van der Waals surface area contributed by atoms with Crippen molar-refractivity contribution in [3.8, 4) is 5.75 Å². The SMILES string of the molecule is CCNC(=NCc1cc(C)ccc1OC(F)F)NCCC(=O)NC1CCCCC1. The van der Waals surface area contributed by atoms with Crippen LogP contribution in [0.25, 0.3) is 0 Å². The van der Waals surface area contributed by atoms with Crippen molar-refractivity contribution in [3.05, 3.63) is 29.3 Å². The molecule has 2 rings (SSSR count). The van der Waals surface area contributed by atoms with E-state index in [1.807, 2.05) is 13.8 Å². The number of alkyl halides is 2.